The third-order valence-corrected chi connectivity index (χ3v) is 10.4. The maximum atomic E-state index is 14.0. The summed E-state index contributed by atoms with van der Waals surface area (Å²) in [5.41, 5.74) is 8.17. The summed E-state index contributed by atoms with van der Waals surface area (Å²) in [6, 6.07) is 9.73. The van der Waals surface area contributed by atoms with E-state index >= 15 is 0 Å². The van der Waals surface area contributed by atoms with E-state index in [4.69, 9.17) is 24.3 Å². The minimum atomic E-state index is -4.42. The van der Waals surface area contributed by atoms with Gasteiger partial charge in [-0.25, -0.2) is 18.5 Å². The maximum absolute atomic E-state index is 14.0. The number of nitrogens with zero attached hydrogens (tertiary/aromatic N) is 4. The first-order valence-corrected chi connectivity index (χ1v) is 21.4. The number of nitriles is 1. The summed E-state index contributed by atoms with van der Waals surface area (Å²) in [6.07, 6.45) is 20.9. The molecule has 0 spiro atoms. The van der Waals surface area contributed by atoms with E-state index in [1.807, 2.05) is 32.0 Å². The quantitative estimate of drug-likeness (QED) is 0.0597. The predicted octanol–water partition coefficient (Wildman–Crippen LogP) is 10.5. The van der Waals surface area contributed by atoms with Crippen molar-refractivity contribution in [3.05, 3.63) is 59.3 Å². The number of nitrogen functional groups attached to an aromatic ring is 1. The van der Waals surface area contributed by atoms with Crippen molar-refractivity contribution >= 4 is 19.2 Å². The molecule has 11 nitrogen and oxygen atoms in total. The Morgan fingerprint density at radius 2 is 1.62 bits per heavy atom. The fourth-order valence-corrected chi connectivity index (χ4v) is 7.41. The number of fused-ring (bicyclic) bond motifs is 1. The van der Waals surface area contributed by atoms with E-state index < -0.39 is 25.8 Å². The Balaban J connectivity index is 0.00000372. The molecule has 4 atom stereocenters. The van der Waals surface area contributed by atoms with Gasteiger partial charge in [0, 0.05) is 0 Å². The van der Waals surface area contributed by atoms with Gasteiger partial charge in [0.2, 0.25) is 0 Å². The van der Waals surface area contributed by atoms with Crippen LogP contribution in [0.15, 0.2) is 36.7 Å². The van der Waals surface area contributed by atoms with Gasteiger partial charge in [-0.15, -0.1) is 0 Å². The lowest BCUT2D eigenvalue weighted by atomic mass is 10.0. The summed E-state index contributed by atoms with van der Waals surface area (Å²) >= 11 is 0. The van der Waals surface area contributed by atoms with Crippen molar-refractivity contribution in [3.8, 4) is 6.07 Å². The number of benzene rings is 1. The SMILES string of the molecule is CC.CCCCCCCCCCCCCCCCCC(COP(=O)(O)OCC1CCC(c2ccc3c(N)ncnn23)O1)OCc1cc(F)cc(C#N)c1. The predicted molar refractivity (Wildman–Crippen MR) is 207 cm³/mol. The number of nitrogens with two attached hydrogens (primary N) is 1. The third kappa shape index (κ3) is 16.6. The van der Waals surface area contributed by atoms with Crippen LogP contribution in [0.5, 0.6) is 0 Å². The number of phosphoric acid groups is 1. The average molecular weight is 760 g/mol. The zero-order chi connectivity index (χ0) is 38.3. The Morgan fingerprint density at radius 1 is 0.981 bits per heavy atom. The maximum Gasteiger partial charge on any atom is 0.472 e. The average Bonchev–Trinajstić information content (AvgIpc) is 3.82. The summed E-state index contributed by atoms with van der Waals surface area (Å²) in [5, 5.41) is 13.5. The topological polar surface area (TPSA) is 154 Å². The summed E-state index contributed by atoms with van der Waals surface area (Å²) in [6.45, 7) is 6.01. The summed E-state index contributed by atoms with van der Waals surface area (Å²) in [4.78, 5) is 14.5. The van der Waals surface area contributed by atoms with Crippen LogP contribution < -0.4 is 5.73 Å². The monoisotopic (exact) mass is 759 g/mol. The van der Waals surface area contributed by atoms with E-state index in [-0.39, 0.29) is 31.5 Å². The highest BCUT2D eigenvalue weighted by Crippen LogP contribution is 2.45. The van der Waals surface area contributed by atoms with Crippen molar-refractivity contribution in [2.24, 2.45) is 0 Å². The lowest BCUT2D eigenvalue weighted by molar-refractivity contribution is -0.0173. The van der Waals surface area contributed by atoms with Crippen LogP contribution in [0, 0.1) is 17.1 Å². The number of ether oxygens (including phenoxy) is 2. The van der Waals surface area contributed by atoms with Gasteiger partial charge in [0.25, 0.3) is 0 Å². The van der Waals surface area contributed by atoms with Crippen molar-refractivity contribution < 1.29 is 32.4 Å². The molecule has 296 valence electrons. The Bertz CT molecular complexity index is 1550. The number of rotatable bonds is 26. The minimum absolute atomic E-state index is 0.0398. The van der Waals surface area contributed by atoms with Gasteiger partial charge in [0.15, 0.2) is 5.82 Å². The van der Waals surface area contributed by atoms with Crippen LogP contribution in [0.3, 0.4) is 0 Å². The molecule has 1 fully saturated rings. The fourth-order valence-electron chi connectivity index (χ4n) is 6.63. The molecular weight excluding hydrogens is 696 g/mol. The van der Waals surface area contributed by atoms with E-state index in [1.165, 1.54) is 95.5 Å². The van der Waals surface area contributed by atoms with Crippen LogP contribution in [0.1, 0.15) is 159 Å². The Labute approximate surface area is 316 Å². The molecule has 4 unspecified atom stereocenters. The van der Waals surface area contributed by atoms with Gasteiger partial charge in [-0.1, -0.05) is 117 Å². The lowest BCUT2D eigenvalue weighted by Gasteiger charge is -2.21. The molecule has 0 radical (unpaired) electrons. The van der Waals surface area contributed by atoms with Crippen LogP contribution in [-0.4, -0.2) is 44.9 Å². The smallest absolute Gasteiger partial charge is 0.382 e. The largest absolute Gasteiger partial charge is 0.472 e. The van der Waals surface area contributed by atoms with E-state index in [2.05, 4.69) is 17.0 Å². The van der Waals surface area contributed by atoms with E-state index in [9.17, 15) is 19.1 Å². The molecule has 53 heavy (non-hydrogen) atoms. The molecule has 0 saturated carbocycles. The summed E-state index contributed by atoms with van der Waals surface area (Å²) in [5.74, 6) is -0.146. The van der Waals surface area contributed by atoms with Crippen molar-refractivity contribution in [1.82, 2.24) is 14.6 Å². The molecule has 4 rings (SSSR count). The van der Waals surface area contributed by atoms with E-state index in [1.54, 1.807) is 10.6 Å². The third-order valence-electron chi connectivity index (χ3n) is 9.50. The summed E-state index contributed by atoms with van der Waals surface area (Å²) in [7, 11) is -4.42. The van der Waals surface area contributed by atoms with Gasteiger partial charge in [-0.05, 0) is 55.2 Å². The Morgan fingerprint density at radius 3 is 2.26 bits per heavy atom. The molecule has 0 bridgehead atoms. The number of halogens is 1. The Hall–Kier alpha value is -2.91. The second kappa shape index (κ2) is 25.2. The first-order chi connectivity index (χ1) is 25.8. The molecule has 0 aliphatic carbocycles. The number of phosphoric ester groups is 1. The zero-order valence-corrected chi connectivity index (χ0v) is 33.1. The molecule has 0 amide bonds. The molecule has 1 saturated heterocycles. The van der Waals surface area contributed by atoms with Gasteiger partial charge in [-0.3, -0.25) is 9.05 Å². The van der Waals surface area contributed by atoms with Crippen LogP contribution in [0.2, 0.25) is 0 Å². The molecule has 13 heteroatoms. The number of unbranched alkanes of at least 4 members (excludes halogenated alkanes) is 14. The molecule has 1 aromatic carbocycles. The molecule has 3 heterocycles. The van der Waals surface area contributed by atoms with E-state index in [0.717, 1.165) is 25.0 Å². The highest BCUT2D eigenvalue weighted by Gasteiger charge is 2.32. The van der Waals surface area contributed by atoms with Crippen molar-refractivity contribution in [2.45, 2.75) is 161 Å². The van der Waals surface area contributed by atoms with Gasteiger partial charge >= 0.3 is 7.82 Å². The Kier molecular flexibility index (Phi) is 21.2. The molecule has 2 aromatic heterocycles. The first kappa shape index (κ1) is 44.5. The highest BCUT2D eigenvalue weighted by atomic mass is 31.2. The van der Waals surface area contributed by atoms with Crippen LogP contribution in [0.4, 0.5) is 10.2 Å². The number of hydrogen-bond donors (Lipinski definition) is 2. The lowest BCUT2D eigenvalue weighted by Crippen LogP contribution is -2.21. The molecule has 1 aliphatic heterocycles. The van der Waals surface area contributed by atoms with Gasteiger partial charge < -0.3 is 20.1 Å². The van der Waals surface area contributed by atoms with Crippen LogP contribution in [-0.2, 0) is 29.7 Å². The van der Waals surface area contributed by atoms with Gasteiger partial charge in [0.05, 0.1) is 49.4 Å². The molecular formula is C40H63FN5O6P. The van der Waals surface area contributed by atoms with E-state index in [0.29, 0.717) is 36.2 Å². The summed E-state index contributed by atoms with van der Waals surface area (Å²) < 4.78 is 51.5. The molecule has 3 aromatic rings. The van der Waals surface area contributed by atoms with Gasteiger partial charge in [0.1, 0.15) is 23.8 Å². The van der Waals surface area contributed by atoms with Gasteiger partial charge in [-0.2, -0.15) is 10.4 Å². The second-order valence-corrected chi connectivity index (χ2v) is 15.2. The van der Waals surface area contributed by atoms with Crippen LogP contribution in [0.25, 0.3) is 5.52 Å². The van der Waals surface area contributed by atoms with Crippen molar-refractivity contribution in [3.63, 3.8) is 0 Å². The highest BCUT2D eigenvalue weighted by molar-refractivity contribution is 7.47. The first-order valence-electron chi connectivity index (χ1n) is 19.9. The number of hydrogen-bond acceptors (Lipinski definition) is 9. The van der Waals surface area contributed by atoms with Crippen molar-refractivity contribution in [1.29, 1.82) is 5.26 Å². The minimum Gasteiger partial charge on any atom is -0.382 e. The second-order valence-electron chi connectivity index (χ2n) is 13.7. The standard InChI is InChI=1S/C38H57FN5O6P.C2H6/c1-2-3-4-5-6-7-8-9-10-11-12-13-14-15-16-17-33(47-26-31-22-30(25-40)23-32(39)24-31)27-48-51(45,46)49-28-34-18-21-37(50-34)35-19-20-36-38(41)42-29-43-44(35)36;1-2/h19-20,22-24,29,33-34,37H,2-18,21,26-28H2,1H3,(H,45,46)(H2,41,42,43);1-2H3. The zero-order valence-electron chi connectivity index (χ0n) is 32.2. The van der Waals surface area contributed by atoms with Crippen molar-refractivity contribution in [2.75, 3.05) is 18.9 Å². The molecule has 1 aliphatic rings. The normalized spacial score (nSPS) is 17.3. The molecule has 3 N–H and O–H groups in total. The number of anilines is 1. The fraction of sp³-hybridized carbons (Fsp3) is 0.675. The number of aromatic nitrogens is 3. The van der Waals surface area contributed by atoms with Crippen LogP contribution >= 0.6 is 7.82 Å².